The molecule has 8 nitrogen and oxygen atoms in total. The second-order valence-corrected chi connectivity index (χ2v) is 10.0. The summed E-state index contributed by atoms with van der Waals surface area (Å²) in [4.78, 5) is 27.6. The molecule has 0 fully saturated rings. The van der Waals surface area contributed by atoms with Crippen molar-refractivity contribution in [2.24, 2.45) is 0 Å². The van der Waals surface area contributed by atoms with E-state index >= 15 is 0 Å². The van der Waals surface area contributed by atoms with Gasteiger partial charge in [0, 0.05) is 22.6 Å². The van der Waals surface area contributed by atoms with E-state index in [9.17, 15) is 49.9 Å². The van der Waals surface area contributed by atoms with Gasteiger partial charge >= 0.3 is 23.8 Å². The minimum absolute atomic E-state index is 0.00277. The van der Waals surface area contributed by atoms with Crippen LogP contribution in [0.15, 0.2) is 59.3 Å². The molecule has 1 N–H and O–H groups in total. The highest BCUT2D eigenvalue weighted by Gasteiger charge is 2.72. The molecular weight excluding hydrogens is 702 g/mol. The predicted octanol–water partition coefficient (Wildman–Crippen LogP) is 7.17. The summed E-state index contributed by atoms with van der Waals surface area (Å²) in [5.41, 5.74) is -8.63. The molecule has 0 spiro atoms. The Labute approximate surface area is 256 Å². The van der Waals surface area contributed by atoms with E-state index in [1.165, 1.54) is 30.3 Å². The third-order valence-electron chi connectivity index (χ3n) is 6.00. The van der Waals surface area contributed by atoms with Crippen LogP contribution in [-0.2, 0) is 5.67 Å². The minimum Gasteiger partial charge on any atom is -0.619 e. The van der Waals surface area contributed by atoms with Gasteiger partial charge in [-0.25, -0.2) is 4.39 Å². The van der Waals surface area contributed by atoms with Crippen molar-refractivity contribution in [3.8, 4) is 11.5 Å². The number of alkyl halides is 9. The quantitative estimate of drug-likeness (QED) is 0.104. The number of hydrogen-bond acceptors (Lipinski definition) is 5. The summed E-state index contributed by atoms with van der Waals surface area (Å²) in [7, 11) is 1.13. The zero-order valence-corrected chi connectivity index (χ0v) is 24.5. The van der Waals surface area contributed by atoms with Crippen LogP contribution in [0.1, 0.15) is 33.2 Å². The third-order valence-corrected chi connectivity index (χ3v) is 6.89. The monoisotopic (exact) mass is 719 g/mol. The van der Waals surface area contributed by atoms with Gasteiger partial charge in [-0.2, -0.15) is 35.5 Å². The van der Waals surface area contributed by atoms with Gasteiger partial charge in [0.15, 0.2) is 23.9 Å². The summed E-state index contributed by atoms with van der Waals surface area (Å²) in [6, 6.07) is 6.59. The number of carbonyl (C=O) groups is 2. The average Bonchev–Trinajstić information content (AvgIpc) is 2.92. The topological polar surface area (TPSA) is 94.8 Å². The first-order valence-electron chi connectivity index (χ1n) is 12.0. The van der Waals surface area contributed by atoms with E-state index in [1.807, 2.05) is 0 Å². The highest BCUT2D eigenvalue weighted by Crippen LogP contribution is 2.56. The van der Waals surface area contributed by atoms with Gasteiger partial charge in [0.25, 0.3) is 11.8 Å². The van der Waals surface area contributed by atoms with E-state index in [4.69, 9.17) is 4.74 Å². The number of halogens is 10. The molecule has 18 heteroatoms. The number of rotatable bonds is 10. The number of amides is 2. The van der Waals surface area contributed by atoms with Gasteiger partial charge < -0.3 is 24.9 Å². The Kier molecular flexibility index (Phi) is 10.2. The number of pyridine rings is 1. The van der Waals surface area contributed by atoms with Crippen molar-refractivity contribution in [2.45, 2.75) is 30.8 Å². The zero-order valence-electron chi connectivity index (χ0n) is 22.2. The van der Waals surface area contributed by atoms with Crippen LogP contribution >= 0.6 is 27.5 Å². The van der Waals surface area contributed by atoms with E-state index in [2.05, 4.69) is 37.6 Å². The molecule has 44 heavy (non-hydrogen) atoms. The summed E-state index contributed by atoms with van der Waals surface area (Å²) in [6.45, 7) is -2.19. The van der Waals surface area contributed by atoms with Gasteiger partial charge in [-0.05, 0) is 64.8 Å². The molecule has 3 rings (SSSR count). The normalized spacial score (nSPS) is 13.3. The molecule has 0 bridgehead atoms. The summed E-state index contributed by atoms with van der Waals surface area (Å²) in [5, 5.41) is 8.16. The number of hydrogen-bond donors (Lipinski definition) is 1. The lowest BCUT2D eigenvalue weighted by atomic mass is 9.94. The number of aromatic nitrogens is 1. The molecule has 1 aromatic heterocycles. The molecule has 2 amide bonds. The van der Waals surface area contributed by atoms with Crippen LogP contribution < -0.4 is 24.4 Å². The minimum atomic E-state index is -6.32. The Hall–Kier alpha value is -3.86. The number of benzene rings is 2. The van der Waals surface area contributed by atoms with Crippen LogP contribution in [0.2, 0.25) is 0 Å². The third kappa shape index (κ3) is 6.77. The van der Waals surface area contributed by atoms with Gasteiger partial charge in [-0.3, -0.25) is 9.59 Å². The first-order valence-corrected chi connectivity index (χ1v) is 13.1. The molecule has 0 aliphatic carbocycles. The van der Waals surface area contributed by atoms with Crippen LogP contribution in [0.4, 0.5) is 46.5 Å². The summed E-state index contributed by atoms with van der Waals surface area (Å²) in [6.07, 6.45) is -4.17. The highest BCUT2D eigenvalue weighted by atomic mass is 79.9. The lowest BCUT2D eigenvalue weighted by molar-refractivity contribution is -0.605. The zero-order chi connectivity index (χ0) is 33.2. The van der Waals surface area contributed by atoms with Crippen LogP contribution in [0.25, 0.3) is 0 Å². The SMILES string of the molecule is CCN(C(=O)c1ccc[n+]([O-])c1)c1cccc(C(=O)Nc2c(Br)cc(C(F)(C(F)(F)F)C(F)(F)Cl)cc2OC(F)F)c1OC. The van der Waals surface area contributed by atoms with Crippen LogP contribution in [-0.4, -0.2) is 43.6 Å². The maximum absolute atomic E-state index is 14.9. The number of anilines is 2. The summed E-state index contributed by atoms with van der Waals surface area (Å²) >= 11 is 7.14. The Morgan fingerprint density at radius 3 is 2.30 bits per heavy atom. The van der Waals surface area contributed by atoms with E-state index in [1.54, 1.807) is 6.92 Å². The number of para-hydroxylation sites is 1. The maximum atomic E-state index is 14.9. The molecule has 0 aliphatic rings. The number of methoxy groups -OCH3 is 1. The van der Waals surface area contributed by atoms with E-state index in [-0.39, 0.29) is 41.2 Å². The second kappa shape index (κ2) is 13.0. The molecular formula is C26H19BrClF8N3O5. The maximum Gasteiger partial charge on any atom is 0.434 e. The summed E-state index contributed by atoms with van der Waals surface area (Å²) in [5.74, 6) is -3.41. The number of nitrogens with one attached hydrogen (secondary N) is 1. The van der Waals surface area contributed by atoms with Crippen LogP contribution in [0.5, 0.6) is 11.5 Å². The molecule has 0 saturated heterocycles. The van der Waals surface area contributed by atoms with Crippen molar-refractivity contribution in [3.05, 3.63) is 81.2 Å². The molecule has 0 aliphatic heterocycles. The first-order chi connectivity index (χ1) is 20.4. The highest BCUT2D eigenvalue weighted by molar-refractivity contribution is 9.10. The lowest BCUT2D eigenvalue weighted by Crippen LogP contribution is -2.49. The molecule has 2 aromatic carbocycles. The lowest BCUT2D eigenvalue weighted by Gasteiger charge is -2.32. The van der Waals surface area contributed by atoms with Gasteiger partial charge in [-0.15, -0.1) is 0 Å². The Morgan fingerprint density at radius 2 is 1.77 bits per heavy atom. The van der Waals surface area contributed by atoms with Crippen LogP contribution in [0.3, 0.4) is 0 Å². The number of nitrogens with zero attached hydrogens (tertiary/aromatic N) is 2. The van der Waals surface area contributed by atoms with Gasteiger partial charge in [-0.1, -0.05) is 6.07 Å². The molecule has 1 heterocycles. The smallest absolute Gasteiger partial charge is 0.434 e. The number of ether oxygens (including phenoxy) is 2. The predicted molar refractivity (Wildman–Crippen MR) is 144 cm³/mol. The Balaban J connectivity index is 2.11. The van der Waals surface area contributed by atoms with Crippen molar-refractivity contribution in [3.63, 3.8) is 0 Å². The fourth-order valence-electron chi connectivity index (χ4n) is 4.05. The van der Waals surface area contributed by atoms with Crippen LogP contribution in [0, 0.1) is 5.21 Å². The van der Waals surface area contributed by atoms with E-state index in [0.29, 0.717) is 4.73 Å². The number of carbonyl (C=O) groups excluding carboxylic acids is 2. The molecule has 1 unspecified atom stereocenters. The average molecular weight is 721 g/mol. The molecule has 1 atom stereocenters. The standard InChI is InChI=1S/C26H19BrClF8N3O5/c1-3-39(22(41)13-6-5-9-38(42)12-13)17-8-4-7-15(20(17)43-2)21(40)37-19-16(27)10-14(11-18(19)44-23(29)30)24(31,25(28,32)33)26(34,35)36/h4-12,23H,3H2,1-2H3,(H,37,40). The summed E-state index contributed by atoms with van der Waals surface area (Å²) < 4.78 is 118. The Morgan fingerprint density at radius 1 is 1.11 bits per heavy atom. The van der Waals surface area contributed by atoms with E-state index in [0.717, 1.165) is 24.4 Å². The van der Waals surface area contributed by atoms with Crippen molar-refractivity contribution in [2.75, 3.05) is 23.9 Å². The van der Waals surface area contributed by atoms with Gasteiger partial charge in [0.2, 0.25) is 0 Å². The van der Waals surface area contributed by atoms with Crippen molar-refractivity contribution in [1.82, 2.24) is 0 Å². The first kappa shape index (κ1) is 34.6. The molecule has 0 radical (unpaired) electrons. The van der Waals surface area contributed by atoms with Crippen molar-refractivity contribution < 1.29 is 58.9 Å². The molecule has 238 valence electrons. The molecule has 3 aromatic rings. The van der Waals surface area contributed by atoms with Gasteiger partial charge in [0.1, 0.15) is 5.56 Å². The second-order valence-electron chi connectivity index (χ2n) is 8.68. The van der Waals surface area contributed by atoms with Crippen molar-refractivity contribution in [1.29, 1.82) is 0 Å². The van der Waals surface area contributed by atoms with E-state index < -0.39 is 57.1 Å². The fourth-order valence-corrected chi connectivity index (χ4v) is 4.81. The van der Waals surface area contributed by atoms with Gasteiger partial charge in [0.05, 0.1) is 24.0 Å². The van der Waals surface area contributed by atoms with Crippen molar-refractivity contribution >= 4 is 50.7 Å². The Bertz CT molecular complexity index is 1540. The molecule has 0 saturated carbocycles. The fraction of sp³-hybridized carbons (Fsp3) is 0.269. The largest absolute Gasteiger partial charge is 0.619 e.